The highest BCUT2D eigenvalue weighted by atomic mass is 35.5. The van der Waals surface area contributed by atoms with Gasteiger partial charge in [-0.15, -0.1) is 0 Å². The zero-order chi connectivity index (χ0) is 17.3. The highest BCUT2D eigenvalue weighted by Gasteiger charge is 2.34. The average molecular weight is 359 g/mol. The van der Waals surface area contributed by atoms with Crippen LogP contribution in [0.3, 0.4) is 0 Å². The summed E-state index contributed by atoms with van der Waals surface area (Å²) >= 11 is 5.54. The molecule has 1 aliphatic heterocycles. The highest BCUT2D eigenvalue weighted by Crippen LogP contribution is 2.33. The van der Waals surface area contributed by atoms with Gasteiger partial charge in [0.05, 0.1) is 6.54 Å². The first-order valence-corrected chi connectivity index (χ1v) is 7.13. The number of alkyl halides is 3. The largest absolute Gasteiger partial charge is 0.447 e. The zero-order valence-corrected chi connectivity index (χ0v) is 12.7. The van der Waals surface area contributed by atoms with Gasteiger partial charge in [0.1, 0.15) is 17.3 Å². The van der Waals surface area contributed by atoms with Crippen molar-refractivity contribution in [2.24, 2.45) is 0 Å². The van der Waals surface area contributed by atoms with Crippen molar-refractivity contribution in [3.63, 3.8) is 0 Å². The van der Waals surface area contributed by atoms with Crippen molar-refractivity contribution < 1.29 is 22.7 Å². The maximum Gasteiger partial charge on any atom is 0.420 e. The number of nitrogens with one attached hydrogen (secondary N) is 1. The molecule has 0 unspecified atom stereocenters. The zero-order valence-electron chi connectivity index (χ0n) is 12.0. The van der Waals surface area contributed by atoms with Crippen molar-refractivity contribution in [3.8, 4) is 0 Å². The van der Waals surface area contributed by atoms with E-state index in [9.17, 15) is 18.0 Å². The minimum atomic E-state index is -4.61. The molecule has 3 rings (SSSR count). The van der Waals surface area contributed by atoms with E-state index in [-0.39, 0.29) is 5.95 Å². The number of aromatic nitrogens is 2. The number of carbonyl (C=O) groups excluding carboxylic acids is 1. The number of benzene rings is 1. The summed E-state index contributed by atoms with van der Waals surface area (Å²) in [5.74, 6) is -0.0682. The maximum atomic E-state index is 12.6. The van der Waals surface area contributed by atoms with Gasteiger partial charge in [0.15, 0.2) is 0 Å². The maximum absolute atomic E-state index is 12.6. The number of cyclic esters (lactones) is 1. The van der Waals surface area contributed by atoms with Crippen LogP contribution in [0.5, 0.6) is 0 Å². The van der Waals surface area contributed by atoms with Crippen LogP contribution in [-0.4, -0.2) is 29.2 Å². The molecule has 6 nitrogen and oxygen atoms in total. The Morgan fingerprint density at radius 2 is 1.96 bits per heavy atom. The predicted octanol–water partition coefficient (Wildman–Crippen LogP) is 3.85. The van der Waals surface area contributed by atoms with Crippen molar-refractivity contribution in [1.29, 1.82) is 0 Å². The van der Waals surface area contributed by atoms with E-state index in [1.165, 1.54) is 4.90 Å². The van der Waals surface area contributed by atoms with Gasteiger partial charge in [-0.25, -0.2) is 14.8 Å². The predicted molar refractivity (Wildman–Crippen MR) is 80.5 cm³/mol. The summed E-state index contributed by atoms with van der Waals surface area (Å²) in [5, 5.41) is 2.06. The Bertz CT molecular complexity index is 768. The van der Waals surface area contributed by atoms with Crippen LogP contribution in [0.15, 0.2) is 30.5 Å². The summed E-state index contributed by atoms with van der Waals surface area (Å²) < 4.78 is 42.7. The van der Waals surface area contributed by atoms with Crippen LogP contribution in [0.2, 0.25) is 5.15 Å². The standard InChI is InChI=1S/C14H10ClF3N4O2/c15-11-10(14(16,17)18)7-19-12(21-11)20-8-1-3-9(4-2-8)22-5-6-24-13(22)23/h1-4,7H,5-6H2,(H,19,20,21). The lowest BCUT2D eigenvalue weighted by Gasteiger charge is -2.13. The van der Waals surface area contributed by atoms with Crippen molar-refractivity contribution in [2.75, 3.05) is 23.4 Å². The monoisotopic (exact) mass is 358 g/mol. The molecule has 0 radical (unpaired) electrons. The number of hydrogen-bond acceptors (Lipinski definition) is 5. The summed E-state index contributed by atoms with van der Waals surface area (Å²) in [6.07, 6.45) is -4.41. The van der Waals surface area contributed by atoms with Crippen LogP contribution in [0.4, 0.5) is 35.3 Å². The minimum Gasteiger partial charge on any atom is -0.447 e. The summed E-state index contributed by atoms with van der Waals surface area (Å²) in [4.78, 5) is 20.1. The third-order valence-corrected chi connectivity index (χ3v) is 3.53. The van der Waals surface area contributed by atoms with E-state index >= 15 is 0 Å². The molecule has 1 saturated heterocycles. The quantitative estimate of drug-likeness (QED) is 0.844. The minimum absolute atomic E-state index is 0.0682. The van der Waals surface area contributed by atoms with Gasteiger partial charge in [-0.3, -0.25) is 4.90 Å². The van der Waals surface area contributed by atoms with Gasteiger partial charge in [-0.1, -0.05) is 11.6 Å². The SMILES string of the molecule is O=C1OCCN1c1ccc(Nc2ncc(C(F)(F)F)c(Cl)n2)cc1. The van der Waals surface area contributed by atoms with Crippen molar-refractivity contribution >= 4 is 35.0 Å². The van der Waals surface area contributed by atoms with E-state index in [4.69, 9.17) is 16.3 Å². The molecule has 24 heavy (non-hydrogen) atoms. The first-order valence-electron chi connectivity index (χ1n) is 6.76. The van der Waals surface area contributed by atoms with Crippen LogP contribution in [0, 0.1) is 0 Å². The second kappa shape index (κ2) is 6.16. The van der Waals surface area contributed by atoms with Crippen molar-refractivity contribution in [2.45, 2.75) is 6.18 Å². The smallest absolute Gasteiger partial charge is 0.420 e. The molecule has 0 aliphatic carbocycles. The molecule has 1 aliphatic rings. The fourth-order valence-corrected chi connectivity index (χ4v) is 2.33. The van der Waals surface area contributed by atoms with Crippen LogP contribution in [-0.2, 0) is 10.9 Å². The number of ether oxygens (including phenoxy) is 1. The van der Waals surface area contributed by atoms with Gasteiger partial charge < -0.3 is 10.1 Å². The molecule has 126 valence electrons. The second-order valence-corrected chi connectivity index (χ2v) is 5.19. The molecule has 0 saturated carbocycles. The highest BCUT2D eigenvalue weighted by molar-refractivity contribution is 6.30. The first-order chi connectivity index (χ1) is 11.3. The molecule has 1 aromatic heterocycles. The lowest BCUT2D eigenvalue weighted by atomic mass is 10.2. The molecular formula is C14H10ClF3N4O2. The summed E-state index contributed by atoms with van der Waals surface area (Å²) in [5.41, 5.74) is 0.0779. The molecular weight excluding hydrogens is 349 g/mol. The number of rotatable bonds is 3. The van der Waals surface area contributed by atoms with Gasteiger partial charge in [0.25, 0.3) is 0 Å². The average Bonchev–Trinajstić information content (AvgIpc) is 2.93. The fraction of sp³-hybridized carbons (Fsp3) is 0.214. The van der Waals surface area contributed by atoms with E-state index in [0.717, 1.165) is 0 Å². The Morgan fingerprint density at radius 1 is 1.25 bits per heavy atom. The van der Waals surface area contributed by atoms with Crippen molar-refractivity contribution in [1.82, 2.24) is 9.97 Å². The first kappa shape index (κ1) is 16.3. The number of halogens is 4. The van der Waals surface area contributed by atoms with Crippen LogP contribution in [0.1, 0.15) is 5.56 Å². The third-order valence-electron chi connectivity index (χ3n) is 3.24. The van der Waals surface area contributed by atoms with E-state index < -0.39 is 23.0 Å². The fourth-order valence-electron chi connectivity index (χ4n) is 2.09. The molecule has 0 spiro atoms. The van der Waals surface area contributed by atoms with Crippen LogP contribution >= 0.6 is 11.6 Å². The van der Waals surface area contributed by atoms with E-state index in [0.29, 0.717) is 30.7 Å². The normalized spacial score (nSPS) is 14.7. The molecule has 2 heterocycles. The van der Waals surface area contributed by atoms with E-state index in [2.05, 4.69) is 15.3 Å². The second-order valence-electron chi connectivity index (χ2n) is 4.83. The summed E-state index contributed by atoms with van der Waals surface area (Å²) in [6, 6.07) is 6.60. The van der Waals surface area contributed by atoms with Gasteiger partial charge in [0.2, 0.25) is 5.95 Å². The molecule has 10 heteroatoms. The van der Waals surface area contributed by atoms with Crippen molar-refractivity contribution in [3.05, 3.63) is 41.2 Å². The summed E-state index contributed by atoms with van der Waals surface area (Å²) in [6.45, 7) is 0.792. The number of amides is 1. The lowest BCUT2D eigenvalue weighted by Crippen LogP contribution is -2.23. The Labute approximate surface area is 139 Å². The Balaban J connectivity index is 1.74. The van der Waals surface area contributed by atoms with Crippen LogP contribution in [0.25, 0.3) is 0 Å². The summed E-state index contributed by atoms with van der Waals surface area (Å²) in [7, 11) is 0. The lowest BCUT2D eigenvalue weighted by molar-refractivity contribution is -0.137. The Kier molecular flexibility index (Phi) is 4.18. The topological polar surface area (TPSA) is 67.3 Å². The molecule has 0 bridgehead atoms. The number of hydrogen-bond donors (Lipinski definition) is 1. The Hall–Kier alpha value is -2.55. The van der Waals surface area contributed by atoms with Gasteiger partial charge in [0, 0.05) is 17.6 Å². The molecule has 1 fully saturated rings. The van der Waals surface area contributed by atoms with Gasteiger partial charge >= 0.3 is 12.3 Å². The molecule has 2 aromatic rings. The Morgan fingerprint density at radius 3 is 2.50 bits per heavy atom. The number of carbonyl (C=O) groups is 1. The van der Waals surface area contributed by atoms with E-state index in [1.807, 2.05) is 0 Å². The van der Waals surface area contributed by atoms with Gasteiger partial charge in [-0.05, 0) is 24.3 Å². The molecule has 1 aromatic carbocycles. The van der Waals surface area contributed by atoms with Gasteiger partial charge in [-0.2, -0.15) is 13.2 Å². The third kappa shape index (κ3) is 3.35. The van der Waals surface area contributed by atoms with E-state index in [1.54, 1.807) is 24.3 Å². The molecule has 0 atom stereocenters. The number of nitrogens with zero attached hydrogens (tertiary/aromatic N) is 3. The molecule has 1 amide bonds. The van der Waals surface area contributed by atoms with Crippen LogP contribution < -0.4 is 10.2 Å². The number of anilines is 3. The molecule has 1 N–H and O–H groups in total.